The number of carbonyl (C=O) groups is 1. The highest BCUT2D eigenvalue weighted by Crippen LogP contribution is 2.33. The van der Waals surface area contributed by atoms with Gasteiger partial charge >= 0.3 is 6.09 Å². The van der Waals surface area contributed by atoms with Gasteiger partial charge in [-0.05, 0) is 69.8 Å². The van der Waals surface area contributed by atoms with Crippen LogP contribution in [0, 0.1) is 17.0 Å². The third-order valence-electron chi connectivity index (χ3n) is 7.82. The molecule has 0 saturated carbocycles. The molecule has 0 N–H and O–H groups in total. The number of nitro benzene ring substituents is 1. The van der Waals surface area contributed by atoms with Crippen molar-refractivity contribution < 1.29 is 24.0 Å². The van der Waals surface area contributed by atoms with Crippen LogP contribution in [0.4, 0.5) is 10.5 Å². The molecule has 11 heteroatoms. The van der Waals surface area contributed by atoms with Gasteiger partial charge in [0.1, 0.15) is 17.6 Å². The molecule has 43 heavy (non-hydrogen) atoms. The van der Waals surface area contributed by atoms with Crippen molar-refractivity contribution in [1.82, 2.24) is 14.4 Å². The van der Waals surface area contributed by atoms with Crippen LogP contribution in [0.3, 0.4) is 0 Å². The topological polar surface area (TPSA) is 112 Å². The van der Waals surface area contributed by atoms with E-state index in [0.717, 1.165) is 46.0 Å². The number of ether oxygens (including phenoxy) is 2. The van der Waals surface area contributed by atoms with Crippen LogP contribution in [-0.2, 0) is 16.1 Å². The minimum atomic E-state index is -0.504. The van der Waals surface area contributed by atoms with Gasteiger partial charge in [-0.2, -0.15) is 0 Å². The van der Waals surface area contributed by atoms with Gasteiger partial charge in [-0.1, -0.05) is 11.2 Å². The number of methoxy groups -OCH3 is 1. The lowest BCUT2D eigenvalue weighted by molar-refractivity contribution is -0.384. The van der Waals surface area contributed by atoms with Gasteiger partial charge in [0, 0.05) is 84.9 Å². The zero-order valence-electron chi connectivity index (χ0n) is 25.2. The molecular formula is C32H37N5O6. The number of aromatic nitrogens is 1. The van der Waals surface area contributed by atoms with Gasteiger partial charge in [0.05, 0.1) is 11.5 Å². The van der Waals surface area contributed by atoms with E-state index in [1.165, 1.54) is 6.07 Å². The van der Waals surface area contributed by atoms with E-state index in [0.29, 0.717) is 43.3 Å². The lowest BCUT2D eigenvalue weighted by atomic mass is 9.96. The first-order valence-corrected chi connectivity index (χ1v) is 14.4. The Balaban J connectivity index is 1.59. The Kier molecular flexibility index (Phi) is 8.93. The van der Waals surface area contributed by atoms with Crippen LogP contribution >= 0.6 is 0 Å². The van der Waals surface area contributed by atoms with E-state index < -0.39 is 6.09 Å². The number of nitrogens with zero attached hydrogens (tertiary/aromatic N) is 5. The lowest BCUT2D eigenvalue weighted by Crippen LogP contribution is -2.47. The number of hydrogen-bond acceptors (Lipinski definition) is 8. The fourth-order valence-electron chi connectivity index (χ4n) is 5.56. The standard InChI is InChI=1S/C32H37N5O6/c1-6-36-29-11-7-23(18-27(29)28-19-24(37(39)40)8-12-30(28)36)31(33-43-32(38)35-15-13-34(4)14-16-35)26-10-9-25(17-21(26)2)42-22(3)20-41-5/h7-12,17-19,22H,6,13-16,20H2,1-5H3. The Bertz CT molecular complexity index is 1690. The fourth-order valence-corrected chi connectivity index (χ4v) is 5.56. The van der Waals surface area contributed by atoms with Gasteiger partial charge in [-0.3, -0.25) is 15.0 Å². The maximum Gasteiger partial charge on any atom is 0.436 e. The smallest absolute Gasteiger partial charge is 0.436 e. The lowest BCUT2D eigenvalue weighted by Gasteiger charge is -2.30. The molecule has 1 fully saturated rings. The van der Waals surface area contributed by atoms with Crippen LogP contribution in [0.15, 0.2) is 59.8 Å². The summed E-state index contributed by atoms with van der Waals surface area (Å²) in [5.41, 5.74) is 4.71. The van der Waals surface area contributed by atoms with Gasteiger partial charge in [-0.25, -0.2) is 4.79 Å². The summed E-state index contributed by atoms with van der Waals surface area (Å²) in [6.45, 7) is 9.73. The molecule has 1 aliphatic heterocycles. The SMILES string of the molecule is CCn1c2ccc(C(=NOC(=O)N3CCN(C)CC3)c3ccc(OC(C)COC)cc3C)cc2c2cc([N+](=O)[O-])ccc21. The average molecular weight is 588 g/mol. The van der Waals surface area contributed by atoms with Crippen molar-refractivity contribution >= 4 is 39.3 Å². The van der Waals surface area contributed by atoms with Crippen LogP contribution in [0.5, 0.6) is 5.75 Å². The van der Waals surface area contributed by atoms with Crippen molar-refractivity contribution in [2.45, 2.75) is 33.4 Å². The van der Waals surface area contributed by atoms with Crippen LogP contribution in [-0.4, -0.2) is 84.1 Å². The number of amides is 1. The molecule has 4 aromatic rings. The van der Waals surface area contributed by atoms with Crippen molar-refractivity contribution in [2.75, 3.05) is 46.9 Å². The number of hydrogen-bond donors (Lipinski definition) is 0. The number of oxime groups is 1. The normalized spacial score (nSPS) is 15.2. The molecule has 1 unspecified atom stereocenters. The Morgan fingerprint density at radius 1 is 1.02 bits per heavy atom. The first-order chi connectivity index (χ1) is 20.7. The Morgan fingerprint density at radius 2 is 1.72 bits per heavy atom. The number of likely N-dealkylation sites (N-methyl/N-ethyl adjacent to an activating group) is 1. The second-order valence-corrected chi connectivity index (χ2v) is 10.9. The maximum atomic E-state index is 13.0. The van der Waals surface area contributed by atoms with E-state index in [1.54, 1.807) is 24.1 Å². The minimum Gasteiger partial charge on any atom is -0.488 e. The molecule has 1 aliphatic rings. The zero-order valence-corrected chi connectivity index (χ0v) is 25.2. The second kappa shape index (κ2) is 12.8. The molecule has 3 aromatic carbocycles. The summed E-state index contributed by atoms with van der Waals surface area (Å²) >= 11 is 0. The van der Waals surface area contributed by atoms with Crippen molar-refractivity contribution in [3.63, 3.8) is 0 Å². The molecule has 5 rings (SSSR count). The predicted octanol–water partition coefficient (Wildman–Crippen LogP) is 5.58. The highest BCUT2D eigenvalue weighted by atomic mass is 16.7. The van der Waals surface area contributed by atoms with Crippen LogP contribution in [0.1, 0.15) is 30.5 Å². The van der Waals surface area contributed by atoms with Gasteiger partial charge in [0.2, 0.25) is 0 Å². The first kappa shape index (κ1) is 30.0. The number of carbonyl (C=O) groups excluding carboxylic acids is 1. The summed E-state index contributed by atoms with van der Waals surface area (Å²) in [4.78, 5) is 33.6. The maximum absolute atomic E-state index is 13.0. The highest BCUT2D eigenvalue weighted by Gasteiger charge is 2.22. The Morgan fingerprint density at radius 3 is 2.37 bits per heavy atom. The quantitative estimate of drug-likeness (QED) is 0.109. The third-order valence-corrected chi connectivity index (χ3v) is 7.82. The summed E-state index contributed by atoms with van der Waals surface area (Å²) in [6.07, 6.45) is -0.633. The van der Waals surface area contributed by atoms with Crippen LogP contribution in [0.2, 0.25) is 0 Å². The number of benzene rings is 3. The third kappa shape index (κ3) is 6.32. The zero-order chi connectivity index (χ0) is 30.7. The molecule has 0 radical (unpaired) electrons. The second-order valence-electron chi connectivity index (χ2n) is 10.9. The molecule has 2 heterocycles. The molecular weight excluding hydrogens is 550 g/mol. The first-order valence-electron chi connectivity index (χ1n) is 14.4. The van der Waals surface area contributed by atoms with E-state index in [4.69, 9.17) is 14.3 Å². The summed E-state index contributed by atoms with van der Waals surface area (Å²) in [5, 5.41) is 17.6. The molecule has 1 aromatic heterocycles. The summed E-state index contributed by atoms with van der Waals surface area (Å²) in [5.74, 6) is 0.688. The van der Waals surface area contributed by atoms with Gasteiger partial charge in [0.25, 0.3) is 5.69 Å². The van der Waals surface area contributed by atoms with Crippen molar-refractivity contribution in [3.05, 3.63) is 81.4 Å². The number of aryl methyl sites for hydroxylation is 2. The van der Waals surface area contributed by atoms with E-state index in [-0.39, 0.29) is 16.7 Å². The number of fused-ring (bicyclic) bond motifs is 3. The van der Waals surface area contributed by atoms with Gasteiger partial charge < -0.3 is 23.8 Å². The fraction of sp³-hybridized carbons (Fsp3) is 0.375. The number of piperazine rings is 1. The molecule has 11 nitrogen and oxygen atoms in total. The summed E-state index contributed by atoms with van der Waals surface area (Å²) in [7, 11) is 3.65. The molecule has 1 atom stereocenters. The van der Waals surface area contributed by atoms with E-state index in [1.807, 2.05) is 64.2 Å². The number of nitro groups is 1. The molecule has 1 saturated heterocycles. The van der Waals surface area contributed by atoms with Crippen molar-refractivity contribution in [3.8, 4) is 5.75 Å². The summed E-state index contributed by atoms with van der Waals surface area (Å²) < 4.78 is 13.3. The van der Waals surface area contributed by atoms with E-state index >= 15 is 0 Å². The van der Waals surface area contributed by atoms with Crippen LogP contribution < -0.4 is 4.74 Å². The van der Waals surface area contributed by atoms with Crippen LogP contribution in [0.25, 0.3) is 21.8 Å². The van der Waals surface area contributed by atoms with E-state index in [2.05, 4.69) is 14.6 Å². The van der Waals surface area contributed by atoms with E-state index in [9.17, 15) is 14.9 Å². The minimum absolute atomic E-state index is 0.0252. The van der Waals surface area contributed by atoms with Gasteiger partial charge in [0.15, 0.2) is 0 Å². The molecule has 226 valence electrons. The monoisotopic (exact) mass is 587 g/mol. The summed E-state index contributed by atoms with van der Waals surface area (Å²) in [6, 6.07) is 16.5. The molecule has 0 aliphatic carbocycles. The van der Waals surface area contributed by atoms with Gasteiger partial charge in [-0.15, -0.1) is 0 Å². The molecule has 1 amide bonds. The molecule has 0 spiro atoms. The van der Waals surface area contributed by atoms with Crippen molar-refractivity contribution in [1.29, 1.82) is 0 Å². The average Bonchev–Trinajstić information content (AvgIpc) is 3.30. The number of rotatable bonds is 9. The Hall–Kier alpha value is -4.48. The number of non-ortho nitro benzene ring substituents is 1. The predicted molar refractivity (Wildman–Crippen MR) is 166 cm³/mol. The Labute approximate surface area is 250 Å². The largest absolute Gasteiger partial charge is 0.488 e. The molecule has 0 bridgehead atoms. The highest BCUT2D eigenvalue weighted by molar-refractivity contribution is 6.17. The van der Waals surface area contributed by atoms with Crippen molar-refractivity contribution in [2.24, 2.45) is 5.16 Å².